The van der Waals surface area contributed by atoms with E-state index in [1.54, 1.807) is 12.1 Å². The van der Waals surface area contributed by atoms with Crippen molar-refractivity contribution in [3.63, 3.8) is 0 Å². The van der Waals surface area contributed by atoms with E-state index < -0.39 is 11.8 Å². The number of carbonyl (C=O) groups excluding carboxylic acids is 1. The Labute approximate surface area is 251 Å². The maximum Gasteiger partial charge on any atom is 0.326 e. The lowest BCUT2D eigenvalue weighted by molar-refractivity contribution is 0.0815. The van der Waals surface area contributed by atoms with Gasteiger partial charge in [-0.15, -0.1) is 0 Å². The van der Waals surface area contributed by atoms with Gasteiger partial charge in [-0.1, -0.05) is 18.2 Å². The van der Waals surface area contributed by atoms with Gasteiger partial charge in [-0.3, -0.25) is 9.80 Å². The summed E-state index contributed by atoms with van der Waals surface area (Å²) >= 11 is 0. The molecule has 0 spiro atoms. The number of nitrogens with two attached hydrogens (primary N) is 1. The van der Waals surface area contributed by atoms with Crippen LogP contribution in [0.15, 0.2) is 48.8 Å². The summed E-state index contributed by atoms with van der Waals surface area (Å²) in [5.41, 5.74) is 10.0. The number of fused-ring (bicyclic) bond motifs is 1. The number of amides is 2. The summed E-state index contributed by atoms with van der Waals surface area (Å²) in [5, 5.41) is 8.48. The van der Waals surface area contributed by atoms with E-state index in [1.165, 1.54) is 17.3 Å². The number of hydrogen-bond acceptors (Lipinski definition) is 7. The van der Waals surface area contributed by atoms with Crippen LogP contribution in [0.3, 0.4) is 0 Å². The van der Waals surface area contributed by atoms with Crippen molar-refractivity contribution in [2.75, 3.05) is 55.7 Å². The van der Waals surface area contributed by atoms with Crippen molar-refractivity contribution >= 4 is 34.3 Å². The first-order valence-corrected chi connectivity index (χ1v) is 15.2. The molecule has 1 saturated heterocycles. The molecule has 1 aliphatic heterocycles. The van der Waals surface area contributed by atoms with Gasteiger partial charge in [0.25, 0.3) is 0 Å². The minimum Gasteiger partial charge on any atom is -0.383 e. The second-order valence-electron chi connectivity index (χ2n) is 11.8. The van der Waals surface area contributed by atoms with E-state index in [4.69, 9.17) is 10.8 Å². The van der Waals surface area contributed by atoms with E-state index in [2.05, 4.69) is 32.1 Å². The molecule has 2 amide bonds. The van der Waals surface area contributed by atoms with Crippen LogP contribution in [0, 0.1) is 12.7 Å². The Hall–Kier alpha value is -4.09. The molecule has 0 unspecified atom stereocenters. The number of piperazine rings is 1. The summed E-state index contributed by atoms with van der Waals surface area (Å²) in [4.78, 5) is 28.3. The van der Waals surface area contributed by atoms with E-state index in [0.717, 1.165) is 57.4 Å². The number of anilines is 3. The summed E-state index contributed by atoms with van der Waals surface area (Å²) in [5.74, 6) is -0.209. The molecule has 2 aromatic heterocycles. The highest BCUT2D eigenvalue weighted by Crippen LogP contribution is 2.38. The maximum atomic E-state index is 15.7. The monoisotopic (exact) mass is 585 g/mol. The van der Waals surface area contributed by atoms with Gasteiger partial charge in [0.05, 0.1) is 17.1 Å². The zero-order chi connectivity index (χ0) is 30.1. The number of rotatable bonds is 6. The number of nitrogen functional groups attached to an aromatic ring is 1. The van der Waals surface area contributed by atoms with E-state index >= 15 is 4.39 Å². The van der Waals surface area contributed by atoms with E-state index in [9.17, 15) is 4.79 Å². The molecular weight excluding hydrogens is 545 g/mol. The zero-order valence-corrected chi connectivity index (χ0v) is 25.1. The van der Waals surface area contributed by atoms with Gasteiger partial charge in [0.1, 0.15) is 23.7 Å². The fourth-order valence-corrected chi connectivity index (χ4v) is 6.52. The van der Waals surface area contributed by atoms with Crippen molar-refractivity contribution < 1.29 is 9.18 Å². The molecule has 43 heavy (non-hydrogen) atoms. The Morgan fingerprint density at radius 2 is 1.79 bits per heavy atom. The lowest BCUT2D eigenvalue weighted by Gasteiger charge is -2.41. The van der Waals surface area contributed by atoms with Crippen LogP contribution in [0.1, 0.15) is 44.2 Å². The molecule has 3 heterocycles. The number of aryl methyl sites for hydroxylation is 1. The van der Waals surface area contributed by atoms with E-state index in [0.29, 0.717) is 46.4 Å². The van der Waals surface area contributed by atoms with Crippen LogP contribution in [0.5, 0.6) is 0 Å². The third kappa shape index (κ3) is 5.92. The third-order valence-electron chi connectivity index (χ3n) is 8.93. The number of hydrogen-bond donors (Lipinski definition) is 2. The van der Waals surface area contributed by atoms with Gasteiger partial charge in [-0.05, 0) is 76.4 Å². The number of nitrogens with one attached hydrogen (secondary N) is 1. The van der Waals surface area contributed by atoms with Crippen molar-refractivity contribution in [2.24, 2.45) is 0 Å². The average molecular weight is 586 g/mol. The van der Waals surface area contributed by atoms with Crippen molar-refractivity contribution in [3.05, 3.63) is 60.2 Å². The third-order valence-corrected chi connectivity index (χ3v) is 8.93. The van der Waals surface area contributed by atoms with Crippen molar-refractivity contribution in [2.45, 2.75) is 51.6 Å². The van der Waals surface area contributed by atoms with Crippen LogP contribution in [-0.4, -0.2) is 81.4 Å². The summed E-state index contributed by atoms with van der Waals surface area (Å²) in [6.07, 6.45) is 5.65. The minimum absolute atomic E-state index is 0.180. The van der Waals surface area contributed by atoms with Gasteiger partial charge in [0, 0.05) is 50.0 Å². The number of benzene rings is 2. The molecule has 0 radical (unpaired) electrons. The smallest absolute Gasteiger partial charge is 0.326 e. The first-order valence-electron chi connectivity index (χ1n) is 15.2. The highest BCUT2D eigenvalue weighted by atomic mass is 19.1. The Morgan fingerprint density at radius 3 is 2.49 bits per heavy atom. The Kier molecular flexibility index (Phi) is 8.27. The average Bonchev–Trinajstić information content (AvgIpc) is 3.40. The van der Waals surface area contributed by atoms with Crippen LogP contribution >= 0.6 is 0 Å². The fourth-order valence-electron chi connectivity index (χ4n) is 6.52. The second-order valence-corrected chi connectivity index (χ2v) is 11.8. The molecule has 2 aromatic carbocycles. The molecule has 0 bridgehead atoms. The van der Waals surface area contributed by atoms with E-state index in [1.807, 2.05) is 42.8 Å². The zero-order valence-electron chi connectivity index (χ0n) is 25.1. The standard InChI is InChI=1S/C32H40FN9O/c1-4-41(32(43)37-23-7-5-6-21(2)18-23)27-13-8-22(19-26(27)33)29-28-30(34)35-20-36-31(28)42(38-29)25-11-9-24(10-12-25)40-16-14-39(3)15-17-40/h5-8,13,18-20,24-25H,4,9-12,14-17H2,1-3H3,(H,37,43)(H2,34,35,36). The molecular formula is C32H40FN9O. The predicted molar refractivity (Wildman–Crippen MR) is 169 cm³/mol. The van der Waals surface area contributed by atoms with Gasteiger partial charge in [0.15, 0.2) is 5.65 Å². The Morgan fingerprint density at radius 1 is 1.05 bits per heavy atom. The van der Waals surface area contributed by atoms with Gasteiger partial charge in [-0.25, -0.2) is 23.8 Å². The van der Waals surface area contributed by atoms with Crippen LogP contribution in [0.25, 0.3) is 22.3 Å². The summed E-state index contributed by atoms with van der Waals surface area (Å²) in [6, 6.07) is 12.7. The number of urea groups is 1. The molecule has 0 atom stereocenters. The lowest BCUT2D eigenvalue weighted by atomic mass is 9.90. The summed E-state index contributed by atoms with van der Waals surface area (Å²) in [7, 11) is 2.19. The topological polar surface area (TPSA) is 108 Å². The van der Waals surface area contributed by atoms with E-state index in [-0.39, 0.29) is 11.7 Å². The Balaban J connectivity index is 1.25. The largest absolute Gasteiger partial charge is 0.383 e. The number of aromatic nitrogens is 4. The van der Waals surface area contributed by atoms with Crippen LogP contribution in [-0.2, 0) is 0 Å². The number of carbonyl (C=O) groups is 1. The second kappa shape index (κ2) is 12.3. The normalized spacial score (nSPS) is 19.9. The summed E-state index contributed by atoms with van der Waals surface area (Å²) < 4.78 is 17.7. The van der Waals surface area contributed by atoms with Gasteiger partial charge >= 0.3 is 6.03 Å². The number of halogens is 1. The quantitative estimate of drug-likeness (QED) is 0.316. The van der Waals surface area contributed by atoms with Gasteiger partial charge < -0.3 is 16.0 Å². The molecule has 4 aromatic rings. The van der Waals surface area contributed by atoms with Crippen molar-refractivity contribution in [1.82, 2.24) is 29.5 Å². The molecule has 2 aliphatic rings. The van der Waals surface area contributed by atoms with Gasteiger partial charge in [0.2, 0.25) is 0 Å². The first-order chi connectivity index (χ1) is 20.8. The maximum absolute atomic E-state index is 15.7. The molecule has 10 nitrogen and oxygen atoms in total. The SMILES string of the molecule is CCN(C(=O)Nc1cccc(C)c1)c1ccc(-c2nn(C3CCC(N4CCN(C)CC4)CC3)c3ncnc(N)c23)cc1F. The number of nitrogens with zero attached hydrogens (tertiary/aromatic N) is 7. The molecule has 2 fully saturated rings. The number of likely N-dealkylation sites (N-methyl/N-ethyl adjacent to an activating group) is 1. The lowest BCUT2D eigenvalue weighted by Crippen LogP contribution is -2.49. The molecule has 11 heteroatoms. The molecule has 6 rings (SSSR count). The highest BCUT2D eigenvalue weighted by molar-refractivity contribution is 6.02. The summed E-state index contributed by atoms with van der Waals surface area (Å²) in [6.45, 7) is 8.54. The van der Waals surface area contributed by atoms with Crippen molar-refractivity contribution in [1.29, 1.82) is 0 Å². The van der Waals surface area contributed by atoms with Crippen LogP contribution < -0.4 is 16.0 Å². The highest BCUT2D eigenvalue weighted by Gasteiger charge is 2.31. The van der Waals surface area contributed by atoms with Crippen LogP contribution in [0.2, 0.25) is 0 Å². The molecule has 1 saturated carbocycles. The molecule has 3 N–H and O–H groups in total. The molecule has 1 aliphatic carbocycles. The van der Waals surface area contributed by atoms with Crippen LogP contribution in [0.4, 0.5) is 26.4 Å². The van der Waals surface area contributed by atoms with Gasteiger partial charge in [-0.2, -0.15) is 5.10 Å². The fraction of sp³-hybridized carbons (Fsp3) is 0.438. The molecule has 226 valence electrons. The van der Waals surface area contributed by atoms with Crippen molar-refractivity contribution in [3.8, 4) is 11.3 Å². The predicted octanol–water partition coefficient (Wildman–Crippen LogP) is 5.31. The Bertz CT molecular complexity index is 1610. The minimum atomic E-state index is -0.524. The first kappa shape index (κ1) is 29.0.